The number of nitro groups is 1. The molecule has 7 nitrogen and oxygen atoms in total. The molecule has 1 aliphatic rings. The molecule has 1 atom stereocenters. The summed E-state index contributed by atoms with van der Waals surface area (Å²) in [5, 5.41) is 19.7. The maximum Gasteiger partial charge on any atom is 0.305 e. The zero-order chi connectivity index (χ0) is 13.8. The van der Waals surface area contributed by atoms with Gasteiger partial charge < -0.3 is 10.6 Å². The van der Waals surface area contributed by atoms with Crippen LogP contribution in [0, 0.1) is 21.4 Å². The van der Waals surface area contributed by atoms with Crippen molar-refractivity contribution in [3.05, 3.63) is 27.9 Å². The van der Waals surface area contributed by atoms with E-state index >= 15 is 0 Å². The first-order chi connectivity index (χ1) is 9.17. The second-order valence-corrected chi connectivity index (χ2v) is 4.48. The van der Waals surface area contributed by atoms with Crippen molar-refractivity contribution < 1.29 is 4.92 Å². The molecule has 1 aromatic heterocycles. The molecule has 0 aliphatic carbocycles. The number of nitriles is 1. The lowest BCUT2D eigenvalue weighted by Crippen LogP contribution is -2.44. The molecular formula is C12H15N5O2. The maximum absolute atomic E-state index is 10.8. The fraction of sp³-hybridized carbons (Fsp3) is 0.500. The van der Waals surface area contributed by atoms with E-state index in [-0.39, 0.29) is 17.4 Å². The molecule has 2 N–H and O–H groups in total. The second-order valence-electron chi connectivity index (χ2n) is 4.48. The molecule has 1 aliphatic heterocycles. The van der Waals surface area contributed by atoms with Gasteiger partial charge in [-0.3, -0.25) is 10.1 Å². The lowest BCUT2D eigenvalue weighted by atomic mass is 10.0. The summed E-state index contributed by atoms with van der Waals surface area (Å²) in [6.07, 6.45) is 3.14. The average molecular weight is 261 g/mol. The first kappa shape index (κ1) is 13.2. The lowest BCUT2D eigenvalue weighted by molar-refractivity contribution is -0.385. The highest BCUT2D eigenvalue weighted by Gasteiger charge is 2.24. The molecule has 0 aromatic carbocycles. The molecule has 0 amide bonds. The van der Waals surface area contributed by atoms with Crippen LogP contribution in [-0.2, 0) is 0 Å². The van der Waals surface area contributed by atoms with Gasteiger partial charge in [0.25, 0.3) is 0 Å². The Balaban J connectivity index is 2.35. The summed E-state index contributed by atoms with van der Waals surface area (Å²) >= 11 is 0. The summed E-state index contributed by atoms with van der Waals surface area (Å²) in [6.45, 7) is 1.33. The summed E-state index contributed by atoms with van der Waals surface area (Å²) in [6, 6.07) is 4.89. The van der Waals surface area contributed by atoms with Crippen LogP contribution in [0.5, 0.6) is 0 Å². The van der Waals surface area contributed by atoms with E-state index in [2.05, 4.69) is 4.98 Å². The molecule has 19 heavy (non-hydrogen) atoms. The van der Waals surface area contributed by atoms with Crippen molar-refractivity contribution in [3.63, 3.8) is 0 Å². The molecule has 100 valence electrons. The maximum atomic E-state index is 10.8. The minimum atomic E-state index is -0.591. The number of hydrogen-bond donors (Lipinski definition) is 1. The van der Waals surface area contributed by atoms with Gasteiger partial charge in [-0.25, -0.2) is 4.98 Å². The molecule has 1 fully saturated rings. The number of rotatable bonds is 3. The van der Waals surface area contributed by atoms with Crippen LogP contribution in [0.3, 0.4) is 0 Å². The number of anilines is 1. The number of hydrogen-bond acceptors (Lipinski definition) is 6. The molecule has 0 saturated carbocycles. The fourth-order valence-electron chi connectivity index (χ4n) is 2.38. The van der Waals surface area contributed by atoms with Crippen LogP contribution in [0.1, 0.15) is 25.0 Å². The highest BCUT2D eigenvalue weighted by atomic mass is 16.6. The van der Waals surface area contributed by atoms with E-state index in [0.29, 0.717) is 12.4 Å². The average Bonchev–Trinajstić information content (AvgIpc) is 2.46. The van der Waals surface area contributed by atoms with Crippen molar-refractivity contribution in [2.75, 3.05) is 18.0 Å². The van der Waals surface area contributed by atoms with Gasteiger partial charge in [0.2, 0.25) is 5.69 Å². The third-order valence-corrected chi connectivity index (χ3v) is 3.36. The van der Waals surface area contributed by atoms with Crippen LogP contribution < -0.4 is 10.6 Å². The van der Waals surface area contributed by atoms with Gasteiger partial charge in [-0.1, -0.05) is 0 Å². The Labute approximate surface area is 110 Å². The predicted octanol–water partition coefficient (Wildman–Crippen LogP) is 1.18. The van der Waals surface area contributed by atoms with E-state index in [1.165, 1.54) is 6.07 Å². The standard InChI is InChI=1S/C12H15N5O2/c13-7-9-3-1-2-6-16(9)12-5-4-11(17(18)19)10(8-14)15-12/h4-5,9H,1-3,6-7,13H2. The molecule has 1 unspecified atom stereocenters. The van der Waals surface area contributed by atoms with Crippen molar-refractivity contribution in [2.24, 2.45) is 5.73 Å². The Bertz CT molecular complexity index is 525. The van der Waals surface area contributed by atoms with Crippen LogP contribution in [0.25, 0.3) is 0 Å². The van der Waals surface area contributed by atoms with Gasteiger partial charge in [-0.15, -0.1) is 0 Å². The Kier molecular flexibility index (Phi) is 3.92. The summed E-state index contributed by atoms with van der Waals surface area (Å²) in [5.41, 5.74) is 5.33. The van der Waals surface area contributed by atoms with Crippen molar-refractivity contribution in [3.8, 4) is 6.07 Å². The van der Waals surface area contributed by atoms with Crippen molar-refractivity contribution in [2.45, 2.75) is 25.3 Å². The third-order valence-electron chi connectivity index (χ3n) is 3.36. The van der Waals surface area contributed by atoms with Crippen LogP contribution in [0.2, 0.25) is 0 Å². The minimum absolute atomic E-state index is 0.149. The topological polar surface area (TPSA) is 109 Å². The van der Waals surface area contributed by atoms with E-state index in [9.17, 15) is 10.1 Å². The molecule has 7 heteroatoms. The van der Waals surface area contributed by atoms with Crippen LogP contribution >= 0.6 is 0 Å². The Morgan fingerprint density at radius 1 is 1.58 bits per heavy atom. The molecule has 2 rings (SSSR count). The van der Waals surface area contributed by atoms with Gasteiger partial charge in [-0.2, -0.15) is 5.26 Å². The van der Waals surface area contributed by atoms with Gasteiger partial charge >= 0.3 is 5.69 Å². The van der Waals surface area contributed by atoms with Crippen molar-refractivity contribution in [1.82, 2.24) is 4.98 Å². The van der Waals surface area contributed by atoms with E-state index in [1.807, 2.05) is 4.90 Å². The molecule has 1 saturated heterocycles. The number of nitrogens with two attached hydrogens (primary N) is 1. The normalized spacial score (nSPS) is 18.9. The van der Waals surface area contributed by atoms with Crippen molar-refractivity contribution >= 4 is 11.5 Å². The van der Waals surface area contributed by atoms with Crippen LogP contribution in [-0.4, -0.2) is 29.0 Å². The molecule has 0 spiro atoms. The zero-order valence-corrected chi connectivity index (χ0v) is 10.5. The largest absolute Gasteiger partial charge is 0.352 e. The minimum Gasteiger partial charge on any atom is -0.352 e. The second kappa shape index (κ2) is 5.63. The van der Waals surface area contributed by atoms with Gasteiger partial charge in [0.05, 0.1) is 4.92 Å². The van der Waals surface area contributed by atoms with Crippen LogP contribution in [0.15, 0.2) is 12.1 Å². The number of piperidine rings is 1. The molecule has 0 bridgehead atoms. The summed E-state index contributed by atoms with van der Waals surface area (Å²) in [5.74, 6) is 0.595. The highest BCUT2D eigenvalue weighted by molar-refractivity contribution is 5.52. The van der Waals surface area contributed by atoms with E-state index < -0.39 is 4.92 Å². The molecule has 2 heterocycles. The summed E-state index contributed by atoms with van der Waals surface area (Å²) < 4.78 is 0. The number of nitrogens with zero attached hydrogens (tertiary/aromatic N) is 4. The molecule has 0 radical (unpaired) electrons. The first-order valence-corrected chi connectivity index (χ1v) is 6.19. The first-order valence-electron chi connectivity index (χ1n) is 6.19. The summed E-state index contributed by atoms with van der Waals surface area (Å²) in [4.78, 5) is 16.3. The van der Waals surface area contributed by atoms with E-state index in [1.54, 1.807) is 12.1 Å². The quantitative estimate of drug-likeness (QED) is 0.646. The highest BCUT2D eigenvalue weighted by Crippen LogP contribution is 2.25. The Morgan fingerprint density at radius 3 is 3.00 bits per heavy atom. The Hall–Kier alpha value is -2.20. The predicted molar refractivity (Wildman–Crippen MR) is 69.6 cm³/mol. The van der Waals surface area contributed by atoms with Gasteiger partial charge in [-0.05, 0) is 25.3 Å². The van der Waals surface area contributed by atoms with Crippen molar-refractivity contribution in [1.29, 1.82) is 5.26 Å². The third kappa shape index (κ3) is 2.63. The van der Waals surface area contributed by atoms with E-state index in [4.69, 9.17) is 11.0 Å². The number of pyridine rings is 1. The molecular weight excluding hydrogens is 246 g/mol. The van der Waals surface area contributed by atoms with E-state index in [0.717, 1.165) is 25.8 Å². The zero-order valence-electron chi connectivity index (χ0n) is 10.5. The van der Waals surface area contributed by atoms with Gasteiger partial charge in [0, 0.05) is 25.2 Å². The monoisotopic (exact) mass is 261 g/mol. The van der Waals surface area contributed by atoms with Gasteiger partial charge in [0.1, 0.15) is 11.9 Å². The SMILES string of the molecule is N#Cc1nc(N2CCCCC2CN)ccc1[N+](=O)[O-]. The fourth-order valence-corrected chi connectivity index (χ4v) is 2.38. The molecule has 1 aromatic rings. The van der Waals surface area contributed by atoms with Gasteiger partial charge in [0.15, 0.2) is 0 Å². The van der Waals surface area contributed by atoms with Crippen LogP contribution in [0.4, 0.5) is 11.5 Å². The number of aromatic nitrogens is 1. The Morgan fingerprint density at radius 2 is 2.37 bits per heavy atom. The lowest BCUT2D eigenvalue weighted by Gasteiger charge is -2.35. The smallest absolute Gasteiger partial charge is 0.305 e. The summed E-state index contributed by atoms with van der Waals surface area (Å²) in [7, 11) is 0.